The number of benzene rings is 1. The van der Waals surface area contributed by atoms with E-state index in [1.807, 2.05) is 32.0 Å². The standard InChI is InChI=1S/C15H19N3O3S/c1-9(2)17-12(19)8-16-13(20)15(3)14(21)18-10-6-4-5-7-11(10)22-15/h4-7,9H,8H2,1-3H3,(H,16,20)(H,17,19)(H,18,21). The topological polar surface area (TPSA) is 87.3 Å². The molecule has 1 heterocycles. The lowest BCUT2D eigenvalue weighted by molar-refractivity contribution is -0.132. The van der Waals surface area contributed by atoms with Crippen molar-refractivity contribution in [3.8, 4) is 0 Å². The second kappa shape index (κ2) is 6.39. The predicted molar refractivity (Wildman–Crippen MR) is 85.6 cm³/mol. The molecule has 0 fully saturated rings. The number of amides is 3. The molecule has 3 amide bonds. The number of thioether (sulfide) groups is 1. The Balaban J connectivity index is 2.06. The van der Waals surface area contributed by atoms with Crippen LogP contribution >= 0.6 is 11.8 Å². The van der Waals surface area contributed by atoms with Gasteiger partial charge in [-0.2, -0.15) is 0 Å². The Bertz CT molecular complexity index is 618. The summed E-state index contributed by atoms with van der Waals surface area (Å²) in [7, 11) is 0. The molecule has 118 valence electrons. The zero-order chi connectivity index (χ0) is 16.3. The summed E-state index contributed by atoms with van der Waals surface area (Å²) in [5, 5.41) is 7.94. The highest BCUT2D eigenvalue weighted by molar-refractivity contribution is 8.02. The molecule has 0 saturated heterocycles. The molecule has 1 aliphatic rings. The van der Waals surface area contributed by atoms with Crippen LogP contribution in [0.4, 0.5) is 5.69 Å². The van der Waals surface area contributed by atoms with Crippen molar-refractivity contribution in [1.29, 1.82) is 0 Å². The normalized spacial score (nSPS) is 20.1. The summed E-state index contributed by atoms with van der Waals surface area (Å²) >= 11 is 1.19. The van der Waals surface area contributed by atoms with E-state index in [0.29, 0.717) is 5.69 Å². The lowest BCUT2D eigenvalue weighted by Crippen LogP contribution is -2.53. The summed E-state index contributed by atoms with van der Waals surface area (Å²) in [5.74, 6) is -1.16. The molecule has 1 unspecified atom stereocenters. The van der Waals surface area contributed by atoms with Crippen LogP contribution in [0.25, 0.3) is 0 Å². The van der Waals surface area contributed by atoms with Crippen molar-refractivity contribution >= 4 is 35.2 Å². The first kappa shape index (κ1) is 16.4. The molecule has 2 rings (SSSR count). The molecule has 1 aromatic carbocycles. The lowest BCUT2D eigenvalue weighted by atomic mass is 10.1. The maximum Gasteiger partial charge on any atom is 0.250 e. The van der Waals surface area contributed by atoms with E-state index in [1.54, 1.807) is 13.0 Å². The van der Waals surface area contributed by atoms with E-state index in [1.165, 1.54) is 11.8 Å². The van der Waals surface area contributed by atoms with Crippen LogP contribution in [-0.2, 0) is 14.4 Å². The van der Waals surface area contributed by atoms with Gasteiger partial charge in [0, 0.05) is 10.9 Å². The summed E-state index contributed by atoms with van der Waals surface area (Å²) in [6, 6.07) is 7.29. The highest BCUT2D eigenvalue weighted by Crippen LogP contribution is 2.42. The van der Waals surface area contributed by atoms with Gasteiger partial charge in [0.2, 0.25) is 17.7 Å². The largest absolute Gasteiger partial charge is 0.352 e. The SMILES string of the molecule is CC(C)NC(=O)CNC(=O)C1(C)Sc2ccccc2NC1=O. The first-order chi connectivity index (χ1) is 10.3. The molecule has 1 aromatic rings. The number of nitrogens with one attached hydrogen (secondary N) is 3. The maximum absolute atomic E-state index is 12.4. The number of rotatable bonds is 4. The minimum Gasteiger partial charge on any atom is -0.352 e. The van der Waals surface area contributed by atoms with Crippen LogP contribution in [0.5, 0.6) is 0 Å². The molecular weight excluding hydrogens is 302 g/mol. The predicted octanol–water partition coefficient (Wildman–Crippen LogP) is 1.13. The van der Waals surface area contributed by atoms with Gasteiger partial charge in [-0.05, 0) is 32.9 Å². The monoisotopic (exact) mass is 321 g/mol. The Kier molecular flexibility index (Phi) is 4.75. The van der Waals surface area contributed by atoms with Gasteiger partial charge in [-0.15, -0.1) is 0 Å². The van der Waals surface area contributed by atoms with Crippen molar-refractivity contribution in [3.05, 3.63) is 24.3 Å². The van der Waals surface area contributed by atoms with E-state index in [9.17, 15) is 14.4 Å². The van der Waals surface area contributed by atoms with Gasteiger partial charge in [0.25, 0.3) is 0 Å². The van der Waals surface area contributed by atoms with Crippen LogP contribution in [0.15, 0.2) is 29.2 Å². The van der Waals surface area contributed by atoms with Gasteiger partial charge in [0.15, 0.2) is 4.75 Å². The molecule has 0 spiro atoms. The quantitative estimate of drug-likeness (QED) is 0.726. The number of fused-ring (bicyclic) bond motifs is 1. The highest BCUT2D eigenvalue weighted by atomic mass is 32.2. The zero-order valence-electron chi connectivity index (χ0n) is 12.7. The second-order valence-electron chi connectivity index (χ2n) is 5.49. The van der Waals surface area contributed by atoms with Crippen LogP contribution in [0.3, 0.4) is 0 Å². The number of hydrogen-bond acceptors (Lipinski definition) is 4. The minimum atomic E-state index is -1.30. The smallest absolute Gasteiger partial charge is 0.250 e. The van der Waals surface area contributed by atoms with E-state index < -0.39 is 16.6 Å². The molecule has 1 atom stereocenters. The van der Waals surface area contributed by atoms with Crippen LogP contribution < -0.4 is 16.0 Å². The molecule has 1 aliphatic heterocycles. The van der Waals surface area contributed by atoms with Crippen molar-refractivity contribution in [2.24, 2.45) is 0 Å². The van der Waals surface area contributed by atoms with E-state index in [-0.39, 0.29) is 18.5 Å². The van der Waals surface area contributed by atoms with E-state index in [4.69, 9.17) is 0 Å². The third kappa shape index (κ3) is 3.41. The third-order valence-corrected chi connectivity index (χ3v) is 4.53. The van der Waals surface area contributed by atoms with Gasteiger partial charge in [-0.3, -0.25) is 14.4 Å². The van der Waals surface area contributed by atoms with E-state index in [2.05, 4.69) is 16.0 Å². The summed E-state index contributed by atoms with van der Waals surface area (Å²) in [4.78, 5) is 37.0. The van der Waals surface area contributed by atoms with Gasteiger partial charge < -0.3 is 16.0 Å². The fourth-order valence-corrected chi connectivity index (χ4v) is 3.14. The molecular formula is C15H19N3O3S. The van der Waals surface area contributed by atoms with Crippen LogP contribution in [0.1, 0.15) is 20.8 Å². The minimum absolute atomic E-state index is 0.000722. The van der Waals surface area contributed by atoms with Gasteiger partial charge in [-0.25, -0.2) is 0 Å². The van der Waals surface area contributed by atoms with Gasteiger partial charge >= 0.3 is 0 Å². The Morgan fingerprint density at radius 3 is 2.68 bits per heavy atom. The van der Waals surface area contributed by atoms with E-state index in [0.717, 1.165) is 4.90 Å². The van der Waals surface area contributed by atoms with Crippen molar-refractivity contribution in [2.75, 3.05) is 11.9 Å². The maximum atomic E-state index is 12.4. The Labute approximate surface area is 133 Å². The second-order valence-corrected chi connectivity index (χ2v) is 6.95. The van der Waals surface area contributed by atoms with Crippen LogP contribution in [-0.4, -0.2) is 35.1 Å². The Morgan fingerprint density at radius 2 is 2.00 bits per heavy atom. The average Bonchev–Trinajstić information content (AvgIpc) is 2.45. The first-order valence-corrected chi connectivity index (χ1v) is 7.81. The summed E-state index contributed by atoms with van der Waals surface area (Å²) < 4.78 is -1.30. The molecule has 6 nitrogen and oxygen atoms in total. The zero-order valence-corrected chi connectivity index (χ0v) is 13.5. The van der Waals surface area contributed by atoms with Crippen molar-refractivity contribution in [3.63, 3.8) is 0 Å². The van der Waals surface area contributed by atoms with Crippen LogP contribution in [0.2, 0.25) is 0 Å². The van der Waals surface area contributed by atoms with Crippen molar-refractivity contribution in [1.82, 2.24) is 10.6 Å². The molecule has 0 bridgehead atoms. The van der Waals surface area contributed by atoms with Crippen molar-refractivity contribution in [2.45, 2.75) is 36.5 Å². The Hall–Kier alpha value is -2.02. The highest BCUT2D eigenvalue weighted by Gasteiger charge is 2.45. The summed E-state index contributed by atoms with van der Waals surface area (Å²) in [5.41, 5.74) is 0.695. The fraction of sp³-hybridized carbons (Fsp3) is 0.400. The van der Waals surface area contributed by atoms with Crippen molar-refractivity contribution < 1.29 is 14.4 Å². The fourth-order valence-electron chi connectivity index (χ4n) is 2.02. The van der Waals surface area contributed by atoms with Gasteiger partial charge in [-0.1, -0.05) is 23.9 Å². The molecule has 0 saturated carbocycles. The first-order valence-electron chi connectivity index (χ1n) is 7.00. The molecule has 22 heavy (non-hydrogen) atoms. The Morgan fingerprint density at radius 1 is 1.32 bits per heavy atom. The number of anilines is 1. The summed E-state index contributed by atoms with van der Waals surface area (Å²) in [6.07, 6.45) is 0. The molecule has 0 radical (unpaired) electrons. The van der Waals surface area contributed by atoms with E-state index >= 15 is 0 Å². The number of hydrogen-bond donors (Lipinski definition) is 3. The summed E-state index contributed by atoms with van der Waals surface area (Å²) in [6.45, 7) is 5.07. The molecule has 0 aromatic heterocycles. The third-order valence-electron chi connectivity index (χ3n) is 3.18. The van der Waals surface area contributed by atoms with Crippen LogP contribution in [0, 0.1) is 0 Å². The van der Waals surface area contributed by atoms with Gasteiger partial charge in [0.1, 0.15) is 0 Å². The molecule has 0 aliphatic carbocycles. The number of para-hydroxylation sites is 1. The number of carbonyl (C=O) groups is 3. The lowest BCUT2D eigenvalue weighted by Gasteiger charge is -2.31. The number of carbonyl (C=O) groups excluding carboxylic acids is 3. The average molecular weight is 321 g/mol. The van der Waals surface area contributed by atoms with Gasteiger partial charge in [0.05, 0.1) is 12.2 Å². The molecule has 7 heteroatoms. The molecule has 3 N–H and O–H groups in total.